The lowest BCUT2D eigenvalue weighted by molar-refractivity contribution is 0.163. The Labute approximate surface area is 196 Å². The molecule has 1 aliphatic carbocycles. The van der Waals surface area contributed by atoms with Crippen molar-refractivity contribution in [2.45, 2.75) is 19.8 Å². The van der Waals surface area contributed by atoms with Crippen molar-refractivity contribution in [2.75, 3.05) is 57.5 Å². The normalized spacial score (nSPS) is 19.5. The summed E-state index contributed by atoms with van der Waals surface area (Å²) >= 11 is 0. The third-order valence-corrected chi connectivity index (χ3v) is 8.27. The standard InChI is InChI=1S/C23H32N6O3S/c1-17-7-8-20(15-24-17)25-23(30)26-22-6-4-5-19-13-18(14-21(19)22)16-28-9-11-29(12-10-28)33(31,32)27(2)3/h4-8,15,18H,9-14,16H2,1-3H3,(H2,25,26,30). The zero-order chi connectivity index (χ0) is 23.6. The van der Waals surface area contributed by atoms with Crippen LogP contribution < -0.4 is 10.6 Å². The fourth-order valence-corrected chi connectivity index (χ4v) is 5.64. The Hall–Kier alpha value is -2.53. The lowest BCUT2D eigenvalue weighted by Gasteiger charge is -2.36. The first-order valence-corrected chi connectivity index (χ1v) is 12.6. The molecule has 10 heteroatoms. The summed E-state index contributed by atoms with van der Waals surface area (Å²) in [5, 5.41) is 5.83. The molecule has 0 spiro atoms. The first-order valence-electron chi connectivity index (χ1n) is 11.2. The molecule has 1 atom stereocenters. The van der Waals surface area contributed by atoms with Crippen LogP contribution >= 0.6 is 0 Å². The highest BCUT2D eigenvalue weighted by molar-refractivity contribution is 7.86. The minimum atomic E-state index is -3.35. The highest BCUT2D eigenvalue weighted by Crippen LogP contribution is 2.33. The van der Waals surface area contributed by atoms with E-state index in [0.717, 1.165) is 43.9 Å². The predicted molar refractivity (Wildman–Crippen MR) is 130 cm³/mol. The zero-order valence-electron chi connectivity index (χ0n) is 19.4. The molecule has 0 bridgehead atoms. The molecule has 0 saturated carbocycles. The molecule has 1 fully saturated rings. The molecule has 2 aromatic rings. The summed E-state index contributed by atoms with van der Waals surface area (Å²) in [7, 11) is -0.206. The van der Waals surface area contributed by atoms with E-state index in [4.69, 9.17) is 0 Å². The number of carbonyl (C=O) groups excluding carboxylic acids is 1. The predicted octanol–water partition coefficient (Wildman–Crippen LogP) is 2.17. The van der Waals surface area contributed by atoms with Crippen molar-refractivity contribution in [3.8, 4) is 0 Å². The third kappa shape index (κ3) is 5.52. The van der Waals surface area contributed by atoms with Gasteiger partial charge in [0.05, 0.1) is 11.9 Å². The van der Waals surface area contributed by atoms with Crippen LogP contribution in [0.1, 0.15) is 16.8 Å². The van der Waals surface area contributed by atoms with Crippen LogP contribution in [0.5, 0.6) is 0 Å². The Bertz CT molecular complexity index is 1100. The quantitative estimate of drug-likeness (QED) is 0.672. The number of carbonyl (C=O) groups is 1. The molecule has 0 radical (unpaired) electrons. The maximum absolute atomic E-state index is 12.5. The molecular formula is C23H32N6O3S. The molecule has 2 heterocycles. The number of fused-ring (bicyclic) bond motifs is 1. The number of nitrogens with one attached hydrogen (secondary N) is 2. The molecular weight excluding hydrogens is 440 g/mol. The fraction of sp³-hybridized carbons (Fsp3) is 0.478. The highest BCUT2D eigenvalue weighted by atomic mass is 32.2. The van der Waals surface area contributed by atoms with Crippen molar-refractivity contribution in [3.63, 3.8) is 0 Å². The molecule has 1 aromatic heterocycles. The summed E-state index contributed by atoms with van der Waals surface area (Å²) in [6, 6.07) is 9.46. The number of anilines is 2. The van der Waals surface area contributed by atoms with Gasteiger partial charge in [0.1, 0.15) is 0 Å². The third-order valence-electron chi connectivity index (χ3n) is 6.33. The molecule has 9 nitrogen and oxygen atoms in total. The minimum Gasteiger partial charge on any atom is -0.307 e. The van der Waals surface area contributed by atoms with Crippen molar-refractivity contribution in [1.82, 2.24) is 18.5 Å². The van der Waals surface area contributed by atoms with Gasteiger partial charge in [-0.2, -0.15) is 17.0 Å². The van der Waals surface area contributed by atoms with Gasteiger partial charge >= 0.3 is 6.03 Å². The second kappa shape index (κ2) is 9.76. The molecule has 1 unspecified atom stereocenters. The molecule has 2 aliphatic rings. The summed E-state index contributed by atoms with van der Waals surface area (Å²) < 4.78 is 27.5. The molecule has 2 N–H and O–H groups in total. The monoisotopic (exact) mass is 472 g/mol. The van der Waals surface area contributed by atoms with Gasteiger partial charge in [-0.05, 0) is 55.0 Å². The summed E-state index contributed by atoms with van der Waals surface area (Å²) in [6.07, 6.45) is 3.50. The van der Waals surface area contributed by atoms with E-state index in [0.29, 0.717) is 24.7 Å². The van der Waals surface area contributed by atoms with E-state index in [1.807, 2.05) is 31.2 Å². The van der Waals surface area contributed by atoms with Gasteiger partial charge in [0.25, 0.3) is 10.2 Å². The van der Waals surface area contributed by atoms with Crippen LogP contribution in [0.2, 0.25) is 0 Å². The van der Waals surface area contributed by atoms with E-state index < -0.39 is 10.2 Å². The largest absolute Gasteiger partial charge is 0.323 e. The highest BCUT2D eigenvalue weighted by Gasteiger charge is 2.31. The number of aromatic nitrogens is 1. The number of rotatable bonds is 6. The average molecular weight is 473 g/mol. The van der Waals surface area contributed by atoms with Crippen LogP contribution in [0.3, 0.4) is 0 Å². The van der Waals surface area contributed by atoms with Gasteiger partial charge in [0.2, 0.25) is 0 Å². The number of benzene rings is 1. The summed E-state index contributed by atoms with van der Waals surface area (Å²) in [6.45, 7) is 5.32. The topological polar surface area (TPSA) is 97.9 Å². The van der Waals surface area contributed by atoms with E-state index in [9.17, 15) is 13.2 Å². The Morgan fingerprint density at radius 2 is 1.85 bits per heavy atom. The number of nitrogens with zero attached hydrogens (tertiary/aromatic N) is 4. The lowest BCUT2D eigenvalue weighted by atomic mass is 10.1. The molecule has 2 amide bonds. The van der Waals surface area contributed by atoms with Gasteiger partial charge < -0.3 is 15.5 Å². The SMILES string of the molecule is Cc1ccc(NC(=O)Nc2cccc3c2CC(CN2CCN(S(=O)(=O)N(C)C)CC2)C3)cn1. The molecule has 1 saturated heterocycles. The van der Waals surface area contributed by atoms with E-state index in [1.165, 1.54) is 15.4 Å². The Kier molecular flexibility index (Phi) is 6.99. The van der Waals surface area contributed by atoms with Gasteiger partial charge in [0, 0.05) is 58.2 Å². The van der Waals surface area contributed by atoms with Crippen LogP contribution in [-0.4, -0.2) is 79.8 Å². The molecule has 33 heavy (non-hydrogen) atoms. The van der Waals surface area contributed by atoms with E-state index in [-0.39, 0.29) is 6.03 Å². The average Bonchev–Trinajstić information content (AvgIpc) is 3.19. The first-order chi connectivity index (χ1) is 15.7. The lowest BCUT2D eigenvalue weighted by Crippen LogP contribution is -2.52. The van der Waals surface area contributed by atoms with Gasteiger partial charge in [-0.1, -0.05) is 12.1 Å². The summed E-state index contributed by atoms with van der Waals surface area (Å²) in [4.78, 5) is 19.1. The van der Waals surface area contributed by atoms with Crippen molar-refractivity contribution < 1.29 is 13.2 Å². The number of hydrogen-bond donors (Lipinski definition) is 2. The fourth-order valence-electron chi connectivity index (χ4n) is 4.55. The van der Waals surface area contributed by atoms with Gasteiger partial charge in [-0.3, -0.25) is 4.98 Å². The van der Waals surface area contributed by atoms with Crippen molar-refractivity contribution in [3.05, 3.63) is 53.3 Å². The van der Waals surface area contributed by atoms with E-state index in [2.05, 4.69) is 26.6 Å². The van der Waals surface area contributed by atoms with E-state index in [1.54, 1.807) is 24.6 Å². The number of piperazine rings is 1. The number of amides is 2. The maximum atomic E-state index is 12.5. The Morgan fingerprint density at radius 3 is 2.52 bits per heavy atom. The second-order valence-corrected chi connectivity index (χ2v) is 11.1. The van der Waals surface area contributed by atoms with Crippen molar-refractivity contribution in [2.24, 2.45) is 5.92 Å². The van der Waals surface area contributed by atoms with Gasteiger partial charge in [-0.15, -0.1) is 0 Å². The number of pyridine rings is 1. The Morgan fingerprint density at radius 1 is 1.09 bits per heavy atom. The second-order valence-electron chi connectivity index (χ2n) is 8.97. The van der Waals surface area contributed by atoms with Crippen LogP contribution in [0.25, 0.3) is 0 Å². The summed E-state index contributed by atoms with van der Waals surface area (Å²) in [5.41, 5.74) is 4.85. The number of hydrogen-bond acceptors (Lipinski definition) is 5. The first kappa shape index (κ1) is 23.6. The van der Waals surface area contributed by atoms with Crippen LogP contribution in [-0.2, 0) is 23.1 Å². The molecule has 4 rings (SSSR count). The minimum absolute atomic E-state index is 0.282. The number of aryl methyl sites for hydroxylation is 1. The molecule has 178 valence electrons. The van der Waals surface area contributed by atoms with Crippen LogP contribution in [0.4, 0.5) is 16.2 Å². The van der Waals surface area contributed by atoms with Crippen LogP contribution in [0.15, 0.2) is 36.5 Å². The summed E-state index contributed by atoms with van der Waals surface area (Å²) in [5.74, 6) is 0.448. The molecule has 1 aliphatic heterocycles. The molecule has 1 aromatic carbocycles. The van der Waals surface area contributed by atoms with Crippen LogP contribution in [0, 0.1) is 12.8 Å². The van der Waals surface area contributed by atoms with Gasteiger partial charge in [0.15, 0.2) is 0 Å². The Balaban J connectivity index is 1.32. The number of urea groups is 1. The van der Waals surface area contributed by atoms with E-state index >= 15 is 0 Å². The van der Waals surface area contributed by atoms with Crippen molar-refractivity contribution in [1.29, 1.82) is 0 Å². The van der Waals surface area contributed by atoms with Gasteiger partial charge in [-0.25, -0.2) is 4.79 Å². The maximum Gasteiger partial charge on any atom is 0.323 e. The smallest absolute Gasteiger partial charge is 0.307 e. The van der Waals surface area contributed by atoms with Crippen molar-refractivity contribution >= 4 is 27.6 Å². The zero-order valence-corrected chi connectivity index (χ0v) is 20.2.